The van der Waals surface area contributed by atoms with Gasteiger partial charge in [-0.05, 0) is 25.7 Å². The third-order valence-electron chi connectivity index (χ3n) is 2.69. The molecule has 0 unspecified atom stereocenters. The van der Waals surface area contributed by atoms with Gasteiger partial charge in [0.15, 0.2) is 0 Å². The summed E-state index contributed by atoms with van der Waals surface area (Å²) in [6, 6.07) is 1.53. The molecule has 1 N–H and O–H groups in total. The standard InChI is InChI=1S/C11H21N/c1-3-5-7-11-9-8-10(12-11)6-4-2/h4,10-12H,2-3,5-9H2,1H3/t10-,11+/m0/s1. The molecule has 1 saturated heterocycles. The zero-order valence-electron chi connectivity index (χ0n) is 8.18. The van der Waals surface area contributed by atoms with Gasteiger partial charge in [0.05, 0.1) is 0 Å². The summed E-state index contributed by atoms with van der Waals surface area (Å²) in [5.41, 5.74) is 0. The minimum Gasteiger partial charge on any atom is -0.311 e. The third-order valence-corrected chi connectivity index (χ3v) is 2.69. The van der Waals surface area contributed by atoms with E-state index in [2.05, 4.69) is 18.8 Å². The molecule has 1 fully saturated rings. The number of hydrogen-bond donors (Lipinski definition) is 1. The molecule has 1 aliphatic heterocycles. The zero-order chi connectivity index (χ0) is 8.81. The first kappa shape index (κ1) is 9.79. The van der Waals surface area contributed by atoms with Crippen molar-refractivity contribution in [2.45, 2.75) is 57.5 Å². The molecule has 0 spiro atoms. The van der Waals surface area contributed by atoms with Crippen molar-refractivity contribution in [3.8, 4) is 0 Å². The molecule has 1 rings (SSSR count). The molecule has 70 valence electrons. The Bertz CT molecular complexity index is 131. The largest absolute Gasteiger partial charge is 0.311 e. The van der Waals surface area contributed by atoms with Crippen LogP contribution in [0.2, 0.25) is 0 Å². The first-order valence-electron chi connectivity index (χ1n) is 5.23. The van der Waals surface area contributed by atoms with E-state index in [1.165, 1.54) is 32.1 Å². The monoisotopic (exact) mass is 167 g/mol. The van der Waals surface area contributed by atoms with Gasteiger partial charge in [-0.1, -0.05) is 25.8 Å². The highest BCUT2D eigenvalue weighted by atomic mass is 15.0. The van der Waals surface area contributed by atoms with Crippen molar-refractivity contribution in [3.63, 3.8) is 0 Å². The minimum atomic E-state index is 0.726. The maximum Gasteiger partial charge on any atom is 0.0105 e. The molecule has 0 amide bonds. The number of unbranched alkanes of at least 4 members (excludes halogenated alkanes) is 1. The molecule has 1 aliphatic rings. The van der Waals surface area contributed by atoms with Gasteiger partial charge in [-0.15, -0.1) is 6.58 Å². The summed E-state index contributed by atoms with van der Waals surface area (Å²) in [6.07, 6.45) is 9.95. The molecule has 1 heteroatoms. The van der Waals surface area contributed by atoms with Crippen LogP contribution in [0.3, 0.4) is 0 Å². The van der Waals surface area contributed by atoms with E-state index in [-0.39, 0.29) is 0 Å². The van der Waals surface area contributed by atoms with Crippen LogP contribution >= 0.6 is 0 Å². The highest BCUT2D eigenvalue weighted by Crippen LogP contribution is 2.18. The Balaban J connectivity index is 2.12. The number of rotatable bonds is 5. The summed E-state index contributed by atoms with van der Waals surface area (Å²) in [4.78, 5) is 0. The van der Waals surface area contributed by atoms with Crippen LogP contribution in [0.1, 0.15) is 45.4 Å². The van der Waals surface area contributed by atoms with Crippen molar-refractivity contribution in [2.24, 2.45) is 0 Å². The second-order valence-corrected chi connectivity index (χ2v) is 3.80. The van der Waals surface area contributed by atoms with Gasteiger partial charge in [-0.2, -0.15) is 0 Å². The van der Waals surface area contributed by atoms with Gasteiger partial charge in [0.25, 0.3) is 0 Å². The van der Waals surface area contributed by atoms with Gasteiger partial charge in [-0.25, -0.2) is 0 Å². The molecule has 1 heterocycles. The Labute approximate surface area is 76.2 Å². The van der Waals surface area contributed by atoms with Crippen LogP contribution in [0, 0.1) is 0 Å². The molecule has 0 aromatic heterocycles. The average molecular weight is 167 g/mol. The molecule has 2 atom stereocenters. The highest BCUT2D eigenvalue weighted by molar-refractivity contribution is 4.87. The van der Waals surface area contributed by atoms with Crippen molar-refractivity contribution in [2.75, 3.05) is 0 Å². The molecule has 12 heavy (non-hydrogen) atoms. The predicted octanol–water partition coefficient (Wildman–Crippen LogP) is 2.87. The van der Waals surface area contributed by atoms with Crippen molar-refractivity contribution in [1.82, 2.24) is 5.32 Å². The first-order chi connectivity index (χ1) is 5.86. The summed E-state index contributed by atoms with van der Waals surface area (Å²) in [5, 5.41) is 3.66. The molecule has 0 radical (unpaired) electrons. The Morgan fingerprint density at radius 2 is 2.17 bits per heavy atom. The Kier molecular flexibility index (Phi) is 4.37. The Hall–Kier alpha value is -0.300. The lowest BCUT2D eigenvalue weighted by atomic mass is 10.1. The molecule has 0 aromatic carbocycles. The van der Waals surface area contributed by atoms with Crippen LogP contribution in [-0.2, 0) is 0 Å². The lowest BCUT2D eigenvalue weighted by Crippen LogP contribution is -2.28. The van der Waals surface area contributed by atoms with Gasteiger partial charge >= 0.3 is 0 Å². The zero-order valence-corrected chi connectivity index (χ0v) is 8.18. The van der Waals surface area contributed by atoms with E-state index >= 15 is 0 Å². The fraction of sp³-hybridized carbons (Fsp3) is 0.818. The highest BCUT2D eigenvalue weighted by Gasteiger charge is 2.21. The van der Waals surface area contributed by atoms with Gasteiger partial charge in [-0.3, -0.25) is 0 Å². The Morgan fingerprint density at radius 3 is 2.83 bits per heavy atom. The van der Waals surface area contributed by atoms with Gasteiger partial charge in [0.2, 0.25) is 0 Å². The second kappa shape index (κ2) is 5.36. The van der Waals surface area contributed by atoms with Crippen molar-refractivity contribution >= 4 is 0 Å². The minimum absolute atomic E-state index is 0.726. The quantitative estimate of drug-likeness (QED) is 0.621. The van der Waals surface area contributed by atoms with Crippen molar-refractivity contribution < 1.29 is 0 Å². The summed E-state index contributed by atoms with van der Waals surface area (Å²) in [6.45, 7) is 6.03. The summed E-state index contributed by atoms with van der Waals surface area (Å²) in [5.74, 6) is 0. The van der Waals surface area contributed by atoms with Crippen LogP contribution in [0.25, 0.3) is 0 Å². The molecular weight excluding hydrogens is 146 g/mol. The van der Waals surface area contributed by atoms with Gasteiger partial charge in [0.1, 0.15) is 0 Å². The molecule has 1 nitrogen and oxygen atoms in total. The Morgan fingerprint density at radius 1 is 1.42 bits per heavy atom. The lowest BCUT2D eigenvalue weighted by molar-refractivity contribution is 0.496. The average Bonchev–Trinajstić information content (AvgIpc) is 2.50. The number of hydrogen-bond acceptors (Lipinski definition) is 1. The molecule has 0 saturated carbocycles. The SMILES string of the molecule is C=CC[C@H]1CC[C@@H](CCCC)N1. The molecular formula is C11H21N. The van der Waals surface area contributed by atoms with Crippen LogP contribution in [-0.4, -0.2) is 12.1 Å². The molecule has 0 aliphatic carbocycles. The maximum atomic E-state index is 3.77. The van der Waals surface area contributed by atoms with Crippen LogP contribution < -0.4 is 5.32 Å². The third kappa shape index (κ3) is 2.98. The maximum absolute atomic E-state index is 3.77. The fourth-order valence-corrected chi connectivity index (χ4v) is 1.97. The van der Waals surface area contributed by atoms with Crippen LogP contribution in [0.5, 0.6) is 0 Å². The number of nitrogens with one attached hydrogen (secondary N) is 1. The summed E-state index contributed by atoms with van der Waals surface area (Å²) < 4.78 is 0. The van der Waals surface area contributed by atoms with E-state index in [1.807, 2.05) is 6.08 Å². The van der Waals surface area contributed by atoms with E-state index in [1.54, 1.807) is 0 Å². The van der Waals surface area contributed by atoms with E-state index in [0.717, 1.165) is 18.5 Å². The first-order valence-corrected chi connectivity index (χ1v) is 5.23. The lowest BCUT2D eigenvalue weighted by Gasteiger charge is -2.11. The molecule has 0 aromatic rings. The normalized spacial score (nSPS) is 29.1. The van der Waals surface area contributed by atoms with Crippen LogP contribution in [0.4, 0.5) is 0 Å². The van der Waals surface area contributed by atoms with Crippen LogP contribution in [0.15, 0.2) is 12.7 Å². The molecule has 0 bridgehead atoms. The summed E-state index contributed by atoms with van der Waals surface area (Å²) in [7, 11) is 0. The van der Waals surface area contributed by atoms with Crippen molar-refractivity contribution in [3.05, 3.63) is 12.7 Å². The van der Waals surface area contributed by atoms with Crippen molar-refractivity contribution in [1.29, 1.82) is 0 Å². The van der Waals surface area contributed by atoms with E-state index < -0.39 is 0 Å². The predicted molar refractivity (Wildman–Crippen MR) is 54.3 cm³/mol. The van der Waals surface area contributed by atoms with E-state index in [4.69, 9.17) is 0 Å². The van der Waals surface area contributed by atoms with E-state index in [9.17, 15) is 0 Å². The van der Waals surface area contributed by atoms with Gasteiger partial charge in [0, 0.05) is 12.1 Å². The summed E-state index contributed by atoms with van der Waals surface area (Å²) >= 11 is 0. The smallest absolute Gasteiger partial charge is 0.0105 e. The second-order valence-electron chi connectivity index (χ2n) is 3.80. The van der Waals surface area contributed by atoms with Gasteiger partial charge < -0.3 is 5.32 Å². The topological polar surface area (TPSA) is 12.0 Å². The fourth-order valence-electron chi connectivity index (χ4n) is 1.97. The van der Waals surface area contributed by atoms with E-state index in [0.29, 0.717) is 0 Å².